The highest BCUT2D eigenvalue weighted by molar-refractivity contribution is 5.29. The van der Waals surface area contributed by atoms with Crippen LogP contribution in [0.4, 0.5) is 0 Å². The summed E-state index contributed by atoms with van der Waals surface area (Å²) in [6.07, 6.45) is 2.74. The number of nitrogens with one attached hydrogen (secondary N) is 1. The quantitative estimate of drug-likeness (QED) is 0.651. The highest BCUT2D eigenvalue weighted by Crippen LogP contribution is 2.21. The number of aromatic nitrogens is 1. The molecule has 2 rings (SSSR count). The predicted molar refractivity (Wildman–Crippen MR) is 88.0 cm³/mol. The third-order valence-electron chi connectivity index (χ3n) is 3.87. The van der Waals surface area contributed by atoms with Crippen LogP contribution in [0.5, 0.6) is 0 Å². The summed E-state index contributed by atoms with van der Waals surface area (Å²) in [5, 5.41) is 0. The SMILES string of the molecule is Cc1cnc(C(Cc2ccc(C(C)C)cc2)NN)c(C)c1. The summed E-state index contributed by atoms with van der Waals surface area (Å²) < 4.78 is 0. The van der Waals surface area contributed by atoms with Crippen LogP contribution in [0.3, 0.4) is 0 Å². The molecule has 1 aromatic heterocycles. The molecule has 0 aliphatic carbocycles. The molecule has 0 amide bonds. The van der Waals surface area contributed by atoms with Crippen LogP contribution in [0.15, 0.2) is 36.5 Å². The molecule has 1 atom stereocenters. The van der Waals surface area contributed by atoms with Gasteiger partial charge in [0.1, 0.15) is 0 Å². The molecule has 1 aromatic carbocycles. The summed E-state index contributed by atoms with van der Waals surface area (Å²) in [5.74, 6) is 6.31. The van der Waals surface area contributed by atoms with Crippen LogP contribution in [-0.4, -0.2) is 4.98 Å². The number of nitrogens with zero attached hydrogens (tertiary/aromatic N) is 1. The van der Waals surface area contributed by atoms with E-state index in [-0.39, 0.29) is 6.04 Å². The highest BCUT2D eigenvalue weighted by Gasteiger charge is 2.14. The summed E-state index contributed by atoms with van der Waals surface area (Å²) in [7, 11) is 0. The van der Waals surface area contributed by atoms with Gasteiger partial charge in [-0.3, -0.25) is 16.3 Å². The van der Waals surface area contributed by atoms with Crippen molar-refractivity contribution < 1.29 is 0 Å². The van der Waals surface area contributed by atoms with Gasteiger partial charge in [-0.05, 0) is 48.4 Å². The molecule has 0 spiro atoms. The second-order valence-corrected chi connectivity index (χ2v) is 6.03. The molecule has 1 unspecified atom stereocenters. The van der Waals surface area contributed by atoms with E-state index >= 15 is 0 Å². The van der Waals surface area contributed by atoms with Crippen LogP contribution in [0.25, 0.3) is 0 Å². The molecule has 0 aliphatic heterocycles. The zero-order valence-corrected chi connectivity index (χ0v) is 13.4. The van der Waals surface area contributed by atoms with Crippen molar-refractivity contribution in [2.24, 2.45) is 5.84 Å². The van der Waals surface area contributed by atoms with Gasteiger partial charge in [-0.2, -0.15) is 0 Å². The maximum Gasteiger partial charge on any atom is 0.0675 e. The summed E-state index contributed by atoms with van der Waals surface area (Å²) in [6, 6.07) is 10.9. The van der Waals surface area contributed by atoms with Crippen LogP contribution < -0.4 is 11.3 Å². The lowest BCUT2D eigenvalue weighted by Gasteiger charge is -2.18. The van der Waals surface area contributed by atoms with Gasteiger partial charge in [-0.25, -0.2) is 0 Å². The van der Waals surface area contributed by atoms with E-state index < -0.39 is 0 Å². The van der Waals surface area contributed by atoms with Crippen molar-refractivity contribution in [3.63, 3.8) is 0 Å². The van der Waals surface area contributed by atoms with E-state index in [0.717, 1.165) is 12.1 Å². The first-order valence-electron chi connectivity index (χ1n) is 7.49. The first-order valence-corrected chi connectivity index (χ1v) is 7.49. The van der Waals surface area contributed by atoms with Crippen LogP contribution in [-0.2, 0) is 6.42 Å². The molecule has 3 N–H and O–H groups in total. The first kappa shape index (κ1) is 15.7. The minimum atomic E-state index is 0.0375. The highest BCUT2D eigenvalue weighted by atomic mass is 15.2. The fourth-order valence-corrected chi connectivity index (χ4v) is 2.60. The molecule has 3 nitrogen and oxygen atoms in total. The molecular weight excluding hydrogens is 258 g/mol. The second kappa shape index (κ2) is 6.83. The number of benzene rings is 1. The number of aryl methyl sites for hydroxylation is 2. The van der Waals surface area contributed by atoms with Crippen LogP contribution in [0.1, 0.15) is 53.8 Å². The van der Waals surface area contributed by atoms with E-state index in [0.29, 0.717) is 5.92 Å². The van der Waals surface area contributed by atoms with Gasteiger partial charge in [0, 0.05) is 6.20 Å². The molecule has 112 valence electrons. The molecule has 21 heavy (non-hydrogen) atoms. The summed E-state index contributed by atoms with van der Waals surface area (Å²) in [5.41, 5.74) is 8.91. The zero-order valence-electron chi connectivity index (χ0n) is 13.4. The topological polar surface area (TPSA) is 50.9 Å². The van der Waals surface area contributed by atoms with E-state index in [9.17, 15) is 0 Å². The Kier molecular flexibility index (Phi) is 5.10. The van der Waals surface area contributed by atoms with Gasteiger partial charge in [0.25, 0.3) is 0 Å². The molecule has 3 heteroatoms. The van der Waals surface area contributed by atoms with Crippen molar-refractivity contribution in [1.82, 2.24) is 10.4 Å². The fourth-order valence-electron chi connectivity index (χ4n) is 2.60. The number of hydrogen-bond acceptors (Lipinski definition) is 3. The number of pyridine rings is 1. The minimum absolute atomic E-state index is 0.0375. The molecular formula is C18H25N3. The normalized spacial score (nSPS) is 12.7. The third-order valence-corrected chi connectivity index (χ3v) is 3.87. The third kappa shape index (κ3) is 3.90. The van der Waals surface area contributed by atoms with Gasteiger partial charge >= 0.3 is 0 Å². The molecule has 0 fully saturated rings. The van der Waals surface area contributed by atoms with Crippen molar-refractivity contribution in [3.8, 4) is 0 Å². The number of hydrazine groups is 1. The Hall–Kier alpha value is -1.71. The van der Waals surface area contributed by atoms with Crippen molar-refractivity contribution in [2.45, 2.75) is 46.1 Å². The first-order chi connectivity index (χ1) is 10.0. The van der Waals surface area contributed by atoms with Crippen molar-refractivity contribution in [3.05, 3.63) is 64.5 Å². The average molecular weight is 283 g/mol. The summed E-state index contributed by atoms with van der Waals surface area (Å²) >= 11 is 0. The molecule has 0 saturated carbocycles. The maximum atomic E-state index is 5.75. The Bertz CT molecular complexity index is 588. The Labute approximate surface area is 127 Å². The van der Waals surface area contributed by atoms with E-state index in [2.05, 4.69) is 68.4 Å². The largest absolute Gasteiger partial charge is 0.271 e. The van der Waals surface area contributed by atoms with Gasteiger partial charge in [0.2, 0.25) is 0 Å². The zero-order chi connectivity index (χ0) is 15.4. The molecule has 0 aliphatic rings. The number of hydrogen-bond donors (Lipinski definition) is 2. The Morgan fingerprint density at radius 3 is 2.33 bits per heavy atom. The van der Waals surface area contributed by atoms with E-state index in [4.69, 9.17) is 5.84 Å². The molecule has 0 radical (unpaired) electrons. The predicted octanol–water partition coefficient (Wildman–Crippen LogP) is 3.57. The molecule has 1 heterocycles. The lowest BCUT2D eigenvalue weighted by atomic mass is 9.97. The van der Waals surface area contributed by atoms with Crippen molar-refractivity contribution >= 4 is 0 Å². The monoisotopic (exact) mass is 283 g/mol. The maximum absolute atomic E-state index is 5.75. The van der Waals surface area contributed by atoms with Crippen LogP contribution in [0, 0.1) is 13.8 Å². The average Bonchev–Trinajstić information content (AvgIpc) is 2.46. The Morgan fingerprint density at radius 1 is 1.14 bits per heavy atom. The summed E-state index contributed by atoms with van der Waals surface area (Å²) in [4.78, 5) is 4.55. The van der Waals surface area contributed by atoms with Crippen LogP contribution in [0.2, 0.25) is 0 Å². The van der Waals surface area contributed by atoms with Crippen LogP contribution >= 0.6 is 0 Å². The van der Waals surface area contributed by atoms with Gasteiger partial charge in [-0.15, -0.1) is 0 Å². The Balaban J connectivity index is 2.18. The number of nitrogens with two attached hydrogens (primary N) is 1. The fraction of sp³-hybridized carbons (Fsp3) is 0.389. The van der Waals surface area contributed by atoms with Crippen molar-refractivity contribution in [2.75, 3.05) is 0 Å². The molecule has 2 aromatic rings. The van der Waals surface area contributed by atoms with Crippen molar-refractivity contribution in [1.29, 1.82) is 0 Å². The summed E-state index contributed by atoms with van der Waals surface area (Å²) in [6.45, 7) is 8.55. The Morgan fingerprint density at radius 2 is 1.81 bits per heavy atom. The van der Waals surface area contributed by atoms with Gasteiger partial charge in [-0.1, -0.05) is 44.2 Å². The lowest BCUT2D eigenvalue weighted by molar-refractivity contribution is 0.535. The smallest absolute Gasteiger partial charge is 0.0675 e. The minimum Gasteiger partial charge on any atom is -0.271 e. The standard InChI is InChI=1S/C18H25N3/c1-12(2)16-7-5-15(6-8-16)10-17(21-19)18-14(4)9-13(3)11-20-18/h5-9,11-12,17,21H,10,19H2,1-4H3. The van der Waals surface area contributed by atoms with Gasteiger partial charge < -0.3 is 0 Å². The van der Waals surface area contributed by atoms with Gasteiger partial charge in [0.15, 0.2) is 0 Å². The van der Waals surface area contributed by atoms with Gasteiger partial charge in [0.05, 0.1) is 11.7 Å². The lowest BCUT2D eigenvalue weighted by Crippen LogP contribution is -2.30. The number of rotatable bonds is 5. The van der Waals surface area contributed by atoms with E-state index in [1.54, 1.807) is 0 Å². The van der Waals surface area contributed by atoms with E-state index in [1.165, 1.54) is 22.3 Å². The molecule has 0 saturated heterocycles. The van der Waals surface area contributed by atoms with E-state index in [1.807, 2.05) is 6.20 Å². The second-order valence-electron chi connectivity index (χ2n) is 6.03. The molecule has 0 bridgehead atoms.